The predicted molar refractivity (Wildman–Crippen MR) is 32.4 cm³/mol. The van der Waals surface area contributed by atoms with Gasteiger partial charge in [0.1, 0.15) is 11.7 Å². The van der Waals surface area contributed by atoms with E-state index in [-0.39, 0.29) is 5.57 Å². The summed E-state index contributed by atoms with van der Waals surface area (Å²) in [7, 11) is 0. The van der Waals surface area contributed by atoms with Crippen molar-refractivity contribution < 1.29 is 13.2 Å². The third-order valence-corrected chi connectivity index (χ3v) is 1.13. The molecule has 0 aromatic carbocycles. The molecule has 0 aromatic heterocycles. The van der Waals surface area contributed by atoms with Crippen molar-refractivity contribution in [3.8, 4) is 0 Å². The van der Waals surface area contributed by atoms with Crippen molar-refractivity contribution in [2.45, 2.75) is 6.17 Å². The summed E-state index contributed by atoms with van der Waals surface area (Å²) in [6.45, 7) is 3.25. The van der Waals surface area contributed by atoms with Crippen molar-refractivity contribution in [2.75, 3.05) is 0 Å². The molecule has 0 radical (unpaired) electrons. The number of alkyl halides is 1. The van der Waals surface area contributed by atoms with Crippen molar-refractivity contribution >= 4 is 0 Å². The maximum atomic E-state index is 12.2. The van der Waals surface area contributed by atoms with Gasteiger partial charge in [0.2, 0.25) is 6.17 Å². The van der Waals surface area contributed by atoms with E-state index >= 15 is 0 Å². The molecule has 0 bridgehead atoms. The number of allylic oxidation sites excluding steroid dienone is 5. The van der Waals surface area contributed by atoms with Crippen molar-refractivity contribution in [2.24, 2.45) is 0 Å². The SMILES string of the molecule is C=C1C=C(F)C(F)C(F)=C1. The molecule has 0 unspecified atom stereocenters. The molecule has 3 heteroatoms. The molecule has 10 heavy (non-hydrogen) atoms. The molecule has 1 aliphatic carbocycles. The number of hydrogen-bond donors (Lipinski definition) is 0. The maximum Gasteiger partial charge on any atom is 0.202 e. The van der Waals surface area contributed by atoms with Crippen LogP contribution in [0.3, 0.4) is 0 Å². The summed E-state index contributed by atoms with van der Waals surface area (Å²) >= 11 is 0. The zero-order valence-corrected chi connectivity index (χ0v) is 5.07. The van der Waals surface area contributed by atoms with Crippen LogP contribution in [-0.2, 0) is 0 Å². The highest BCUT2D eigenvalue weighted by atomic mass is 19.2. The van der Waals surface area contributed by atoms with Gasteiger partial charge < -0.3 is 0 Å². The van der Waals surface area contributed by atoms with Crippen LogP contribution < -0.4 is 0 Å². The van der Waals surface area contributed by atoms with E-state index < -0.39 is 17.8 Å². The molecular formula is C7H5F3. The molecular weight excluding hydrogens is 141 g/mol. The van der Waals surface area contributed by atoms with Crippen molar-refractivity contribution in [1.82, 2.24) is 0 Å². The monoisotopic (exact) mass is 146 g/mol. The summed E-state index contributed by atoms with van der Waals surface area (Å²) in [6, 6.07) is 0. The first kappa shape index (κ1) is 7.12. The first-order valence-electron chi connectivity index (χ1n) is 2.68. The summed E-state index contributed by atoms with van der Waals surface area (Å²) in [5.41, 5.74) is 0.143. The lowest BCUT2D eigenvalue weighted by Gasteiger charge is -2.07. The molecule has 0 saturated heterocycles. The van der Waals surface area contributed by atoms with Crippen LogP contribution in [0.25, 0.3) is 0 Å². The van der Waals surface area contributed by atoms with Crippen molar-refractivity contribution in [3.05, 3.63) is 36.0 Å². The zero-order chi connectivity index (χ0) is 7.72. The first-order valence-corrected chi connectivity index (χ1v) is 2.68. The van der Waals surface area contributed by atoms with Crippen LogP contribution in [0.5, 0.6) is 0 Å². The fraction of sp³-hybridized carbons (Fsp3) is 0.143. The van der Waals surface area contributed by atoms with E-state index in [4.69, 9.17) is 0 Å². The molecule has 0 heterocycles. The maximum absolute atomic E-state index is 12.2. The summed E-state index contributed by atoms with van der Waals surface area (Å²) < 4.78 is 36.7. The fourth-order valence-corrected chi connectivity index (χ4v) is 0.674. The molecule has 0 saturated carbocycles. The quantitative estimate of drug-likeness (QED) is 0.492. The number of hydrogen-bond acceptors (Lipinski definition) is 0. The summed E-state index contributed by atoms with van der Waals surface area (Å²) in [5, 5.41) is 0. The fourth-order valence-electron chi connectivity index (χ4n) is 0.674. The highest BCUT2D eigenvalue weighted by molar-refractivity contribution is 5.39. The van der Waals surface area contributed by atoms with E-state index in [1.54, 1.807) is 0 Å². The third-order valence-electron chi connectivity index (χ3n) is 1.13. The van der Waals surface area contributed by atoms with Gasteiger partial charge in [-0.15, -0.1) is 0 Å². The van der Waals surface area contributed by atoms with E-state index in [9.17, 15) is 13.2 Å². The van der Waals surface area contributed by atoms with Gasteiger partial charge in [-0.1, -0.05) is 6.58 Å². The zero-order valence-electron chi connectivity index (χ0n) is 5.07. The normalized spacial score (nSPS) is 20.5. The summed E-state index contributed by atoms with van der Waals surface area (Å²) in [6.07, 6.45) is -0.480. The topological polar surface area (TPSA) is 0 Å². The van der Waals surface area contributed by atoms with Gasteiger partial charge in [-0.3, -0.25) is 0 Å². The van der Waals surface area contributed by atoms with Gasteiger partial charge in [0, 0.05) is 0 Å². The Morgan fingerprint density at radius 1 is 1.20 bits per heavy atom. The molecule has 1 rings (SSSR count). The molecule has 54 valence electrons. The second-order valence-corrected chi connectivity index (χ2v) is 2.00. The minimum Gasteiger partial charge on any atom is -0.232 e. The van der Waals surface area contributed by atoms with Gasteiger partial charge in [0.15, 0.2) is 0 Å². The van der Waals surface area contributed by atoms with Crippen LogP contribution in [0.15, 0.2) is 36.0 Å². The minimum absolute atomic E-state index is 0.143. The van der Waals surface area contributed by atoms with Gasteiger partial charge >= 0.3 is 0 Å². The van der Waals surface area contributed by atoms with Gasteiger partial charge in [0.25, 0.3) is 0 Å². The lowest BCUT2D eigenvalue weighted by atomic mass is 10.1. The number of halogens is 3. The lowest BCUT2D eigenvalue weighted by Crippen LogP contribution is -2.05. The van der Waals surface area contributed by atoms with Gasteiger partial charge in [-0.05, 0) is 17.7 Å². The Balaban J connectivity index is 2.93. The highest BCUT2D eigenvalue weighted by Gasteiger charge is 2.21. The first-order chi connectivity index (χ1) is 4.61. The Labute approximate surface area is 56.4 Å². The largest absolute Gasteiger partial charge is 0.232 e. The van der Waals surface area contributed by atoms with Crippen LogP contribution in [0.2, 0.25) is 0 Å². The average Bonchev–Trinajstić information content (AvgIpc) is 1.82. The second kappa shape index (κ2) is 2.33. The van der Waals surface area contributed by atoms with E-state index in [0.717, 1.165) is 12.2 Å². The van der Waals surface area contributed by atoms with Gasteiger partial charge in [-0.25, -0.2) is 13.2 Å². The number of rotatable bonds is 0. The predicted octanol–water partition coefficient (Wildman–Crippen LogP) is 2.60. The van der Waals surface area contributed by atoms with Gasteiger partial charge in [0.05, 0.1) is 0 Å². The third kappa shape index (κ3) is 1.12. The Bertz CT molecular complexity index is 203. The van der Waals surface area contributed by atoms with Crippen LogP contribution in [-0.4, -0.2) is 6.17 Å². The van der Waals surface area contributed by atoms with E-state index in [0.29, 0.717) is 0 Å². The minimum atomic E-state index is -2.22. The molecule has 0 nitrogen and oxygen atoms in total. The van der Waals surface area contributed by atoms with E-state index in [1.807, 2.05) is 0 Å². The molecule has 0 aliphatic heterocycles. The summed E-state index contributed by atoms with van der Waals surface area (Å²) in [4.78, 5) is 0. The lowest BCUT2D eigenvalue weighted by molar-refractivity contribution is 0.317. The van der Waals surface area contributed by atoms with Crippen molar-refractivity contribution in [1.29, 1.82) is 0 Å². The molecule has 0 aromatic rings. The average molecular weight is 146 g/mol. The molecule has 0 atom stereocenters. The smallest absolute Gasteiger partial charge is 0.202 e. The van der Waals surface area contributed by atoms with Gasteiger partial charge in [-0.2, -0.15) is 0 Å². The van der Waals surface area contributed by atoms with Crippen LogP contribution >= 0.6 is 0 Å². The molecule has 0 fully saturated rings. The van der Waals surface area contributed by atoms with Crippen LogP contribution in [0.4, 0.5) is 13.2 Å². The van der Waals surface area contributed by atoms with E-state index in [2.05, 4.69) is 6.58 Å². The molecule has 1 aliphatic rings. The summed E-state index contributed by atoms with van der Waals surface area (Å²) in [5.74, 6) is -2.24. The Morgan fingerprint density at radius 3 is 2.00 bits per heavy atom. The van der Waals surface area contributed by atoms with Crippen LogP contribution in [0.1, 0.15) is 0 Å². The van der Waals surface area contributed by atoms with Crippen LogP contribution in [0, 0.1) is 0 Å². The highest BCUT2D eigenvalue weighted by Crippen LogP contribution is 2.25. The second-order valence-electron chi connectivity index (χ2n) is 2.00. The Morgan fingerprint density at radius 2 is 1.60 bits per heavy atom. The van der Waals surface area contributed by atoms with E-state index in [1.165, 1.54) is 0 Å². The molecule has 0 N–H and O–H groups in total. The van der Waals surface area contributed by atoms with Crippen molar-refractivity contribution in [3.63, 3.8) is 0 Å². The molecule has 0 amide bonds. The Hall–Kier alpha value is -0.990. The standard InChI is InChI=1S/C7H5F3/c1-4-2-5(8)7(10)6(9)3-4/h2-3,7H,1H2. The Kier molecular flexibility index (Phi) is 1.66. The molecule has 0 spiro atoms.